The van der Waals surface area contributed by atoms with Gasteiger partial charge in [0, 0.05) is 5.69 Å². The van der Waals surface area contributed by atoms with E-state index in [0.717, 1.165) is 5.56 Å². The van der Waals surface area contributed by atoms with E-state index < -0.39 is 30.3 Å². The first-order valence-electron chi connectivity index (χ1n) is 10.4. The average molecular weight is 474 g/mol. The van der Waals surface area contributed by atoms with Gasteiger partial charge in [0.05, 0.1) is 17.5 Å². The number of hydrogen-bond acceptors (Lipinski definition) is 6. The average Bonchev–Trinajstić information content (AvgIpc) is 2.83. The van der Waals surface area contributed by atoms with Gasteiger partial charge in [0.15, 0.2) is 6.61 Å². The minimum atomic E-state index is -1.09. The molecule has 3 amide bonds. The second-order valence-electron chi connectivity index (χ2n) is 7.27. The number of benzene rings is 3. The molecular formula is C25H22N4O6. The van der Waals surface area contributed by atoms with Crippen LogP contribution in [-0.4, -0.2) is 41.6 Å². The van der Waals surface area contributed by atoms with Crippen LogP contribution < -0.4 is 20.8 Å². The highest BCUT2D eigenvalue weighted by Crippen LogP contribution is 2.18. The van der Waals surface area contributed by atoms with Crippen LogP contribution in [0.5, 0.6) is 5.75 Å². The molecule has 35 heavy (non-hydrogen) atoms. The minimum absolute atomic E-state index is 0.165. The molecular weight excluding hydrogens is 452 g/mol. The normalized spacial score (nSPS) is 10.4. The summed E-state index contributed by atoms with van der Waals surface area (Å²) in [5.74, 6) is -3.21. The molecule has 4 N–H and O–H groups in total. The molecule has 0 bridgehead atoms. The Hall–Kier alpha value is -4.99. The summed E-state index contributed by atoms with van der Waals surface area (Å²) in [5.41, 5.74) is 4.61. The summed E-state index contributed by atoms with van der Waals surface area (Å²) in [6.07, 6.45) is 1.30. The summed E-state index contributed by atoms with van der Waals surface area (Å²) < 4.78 is 5.02. The number of ether oxygens (including phenoxy) is 1. The monoisotopic (exact) mass is 474 g/mol. The van der Waals surface area contributed by atoms with Gasteiger partial charge in [-0.2, -0.15) is 5.10 Å². The highest BCUT2D eigenvalue weighted by Gasteiger charge is 2.17. The summed E-state index contributed by atoms with van der Waals surface area (Å²) in [6, 6.07) is 19.8. The van der Waals surface area contributed by atoms with E-state index in [9.17, 15) is 19.2 Å². The maximum absolute atomic E-state index is 12.7. The second kappa shape index (κ2) is 11.8. The van der Waals surface area contributed by atoms with Gasteiger partial charge in [-0.15, -0.1) is 0 Å². The highest BCUT2D eigenvalue weighted by molar-refractivity contribution is 6.40. The molecule has 3 rings (SSSR count). The number of hydrogen-bond donors (Lipinski definition) is 4. The van der Waals surface area contributed by atoms with Crippen LogP contribution in [0.3, 0.4) is 0 Å². The number of amides is 3. The molecule has 10 heteroatoms. The van der Waals surface area contributed by atoms with E-state index in [1.807, 2.05) is 19.1 Å². The van der Waals surface area contributed by atoms with Crippen LogP contribution in [0.2, 0.25) is 0 Å². The van der Waals surface area contributed by atoms with E-state index in [-0.39, 0.29) is 11.3 Å². The van der Waals surface area contributed by atoms with E-state index >= 15 is 0 Å². The number of carboxylic acid groups (broad SMARTS) is 1. The molecule has 0 aliphatic rings. The molecule has 3 aromatic carbocycles. The SMILES string of the molecule is Cc1cccc(NC(=O)c2ccccc2NC(=O)C(=O)NN=Cc2ccc(OCC(=O)O)cc2)c1. The Bertz CT molecular complexity index is 1270. The molecule has 0 radical (unpaired) electrons. The number of aryl methyl sites for hydroxylation is 1. The van der Waals surface area contributed by atoms with Gasteiger partial charge >= 0.3 is 17.8 Å². The van der Waals surface area contributed by atoms with Crippen molar-refractivity contribution >= 4 is 41.3 Å². The molecule has 0 heterocycles. The molecule has 0 aromatic heterocycles. The van der Waals surface area contributed by atoms with Crippen LogP contribution >= 0.6 is 0 Å². The summed E-state index contributed by atoms with van der Waals surface area (Å²) in [6.45, 7) is 1.44. The van der Waals surface area contributed by atoms with Crippen molar-refractivity contribution in [1.29, 1.82) is 0 Å². The summed E-state index contributed by atoms with van der Waals surface area (Å²) >= 11 is 0. The predicted octanol–water partition coefficient (Wildman–Crippen LogP) is 2.80. The number of aliphatic carboxylic acids is 1. The summed E-state index contributed by atoms with van der Waals surface area (Å²) in [5, 5.41) is 17.5. The molecule has 10 nitrogen and oxygen atoms in total. The number of carbonyl (C=O) groups is 4. The molecule has 0 spiro atoms. The van der Waals surface area contributed by atoms with Crippen molar-refractivity contribution in [1.82, 2.24) is 5.43 Å². The smallest absolute Gasteiger partial charge is 0.341 e. The molecule has 0 fully saturated rings. The minimum Gasteiger partial charge on any atom is -0.482 e. The van der Waals surface area contributed by atoms with Gasteiger partial charge in [0.2, 0.25) is 0 Å². The van der Waals surface area contributed by atoms with Crippen molar-refractivity contribution < 1.29 is 29.0 Å². The number of para-hydroxylation sites is 1. The highest BCUT2D eigenvalue weighted by atomic mass is 16.5. The van der Waals surface area contributed by atoms with Crippen LogP contribution in [0.15, 0.2) is 77.9 Å². The Labute approximate surface area is 200 Å². The lowest BCUT2D eigenvalue weighted by Crippen LogP contribution is -2.33. The maximum Gasteiger partial charge on any atom is 0.341 e. The Morgan fingerprint density at radius 1 is 0.914 bits per heavy atom. The van der Waals surface area contributed by atoms with Gasteiger partial charge < -0.3 is 20.5 Å². The van der Waals surface area contributed by atoms with Crippen molar-refractivity contribution in [3.05, 3.63) is 89.5 Å². The zero-order valence-corrected chi connectivity index (χ0v) is 18.6. The molecule has 0 aliphatic heterocycles. The van der Waals surface area contributed by atoms with Crippen LogP contribution in [-0.2, 0) is 14.4 Å². The zero-order chi connectivity index (χ0) is 25.2. The number of nitrogens with zero attached hydrogens (tertiary/aromatic N) is 1. The van der Waals surface area contributed by atoms with Gasteiger partial charge in [-0.25, -0.2) is 10.2 Å². The van der Waals surface area contributed by atoms with Crippen LogP contribution in [0, 0.1) is 6.92 Å². The number of carboxylic acids is 1. The van der Waals surface area contributed by atoms with Gasteiger partial charge in [0.1, 0.15) is 5.75 Å². The third-order valence-corrected chi connectivity index (χ3v) is 4.52. The van der Waals surface area contributed by atoms with Gasteiger partial charge in [-0.05, 0) is 66.6 Å². The first kappa shape index (κ1) is 24.6. The molecule has 0 atom stereocenters. The number of carbonyl (C=O) groups excluding carboxylic acids is 3. The van der Waals surface area contributed by atoms with Crippen molar-refractivity contribution in [3.8, 4) is 5.75 Å². The third kappa shape index (κ3) is 7.53. The quantitative estimate of drug-likeness (QED) is 0.224. The molecule has 0 unspecified atom stereocenters. The second-order valence-corrected chi connectivity index (χ2v) is 7.27. The van der Waals surface area contributed by atoms with Crippen LogP contribution in [0.1, 0.15) is 21.5 Å². The predicted molar refractivity (Wildman–Crippen MR) is 130 cm³/mol. The number of nitrogens with one attached hydrogen (secondary N) is 3. The van der Waals surface area contributed by atoms with Crippen LogP contribution in [0.25, 0.3) is 0 Å². The van der Waals surface area contributed by atoms with E-state index in [2.05, 4.69) is 21.2 Å². The van der Waals surface area contributed by atoms with Gasteiger partial charge in [-0.3, -0.25) is 14.4 Å². The Morgan fingerprint density at radius 2 is 1.66 bits per heavy atom. The van der Waals surface area contributed by atoms with Crippen molar-refractivity contribution in [3.63, 3.8) is 0 Å². The van der Waals surface area contributed by atoms with E-state index in [0.29, 0.717) is 17.0 Å². The molecule has 3 aromatic rings. The lowest BCUT2D eigenvalue weighted by Gasteiger charge is -2.11. The first-order valence-corrected chi connectivity index (χ1v) is 10.4. The molecule has 0 aliphatic carbocycles. The third-order valence-electron chi connectivity index (χ3n) is 4.52. The molecule has 178 valence electrons. The van der Waals surface area contributed by atoms with E-state index in [4.69, 9.17) is 9.84 Å². The fourth-order valence-electron chi connectivity index (χ4n) is 2.90. The summed E-state index contributed by atoms with van der Waals surface area (Å²) in [4.78, 5) is 47.7. The summed E-state index contributed by atoms with van der Waals surface area (Å²) in [7, 11) is 0. The van der Waals surface area contributed by atoms with Crippen molar-refractivity contribution in [2.45, 2.75) is 6.92 Å². The Morgan fingerprint density at radius 3 is 2.37 bits per heavy atom. The standard InChI is InChI=1S/C25H22N4O6/c1-16-5-4-6-18(13-16)27-23(32)20-7-2-3-8-21(20)28-24(33)25(34)29-26-14-17-9-11-19(12-10-17)35-15-22(30)31/h2-14H,15H2,1H3,(H,27,32)(H,28,33)(H,29,34)(H,30,31). The lowest BCUT2D eigenvalue weighted by atomic mass is 10.1. The number of hydrazone groups is 1. The Balaban J connectivity index is 1.57. The first-order chi connectivity index (χ1) is 16.8. The zero-order valence-electron chi connectivity index (χ0n) is 18.6. The fraction of sp³-hybridized carbons (Fsp3) is 0.0800. The largest absolute Gasteiger partial charge is 0.482 e. The molecule has 0 saturated carbocycles. The van der Waals surface area contributed by atoms with Crippen molar-refractivity contribution in [2.24, 2.45) is 5.10 Å². The topological polar surface area (TPSA) is 146 Å². The number of anilines is 2. The van der Waals surface area contributed by atoms with E-state index in [1.165, 1.54) is 30.5 Å². The maximum atomic E-state index is 12.7. The lowest BCUT2D eigenvalue weighted by molar-refractivity contribution is -0.139. The van der Waals surface area contributed by atoms with Crippen molar-refractivity contribution in [2.75, 3.05) is 17.2 Å². The van der Waals surface area contributed by atoms with Gasteiger partial charge in [-0.1, -0.05) is 24.3 Å². The number of rotatable bonds is 8. The Kier molecular flexibility index (Phi) is 8.28. The van der Waals surface area contributed by atoms with E-state index in [1.54, 1.807) is 36.4 Å². The van der Waals surface area contributed by atoms with Crippen LogP contribution in [0.4, 0.5) is 11.4 Å². The molecule has 0 saturated heterocycles. The van der Waals surface area contributed by atoms with Gasteiger partial charge in [0.25, 0.3) is 5.91 Å². The fourth-order valence-corrected chi connectivity index (χ4v) is 2.90.